The van der Waals surface area contributed by atoms with Crippen LogP contribution in [0.2, 0.25) is 0 Å². The van der Waals surface area contributed by atoms with E-state index < -0.39 is 10.5 Å². The number of nitrogens with zero attached hydrogens (tertiary/aromatic N) is 3. The number of hydrogen-bond acceptors (Lipinski definition) is 4. The summed E-state index contributed by atoms with van der Waals surface area (Å²) in [5.41, 5.74) is -0.836. The van der Waals surface area contributed by atoms with Gasteiger partial charge in [-0.25, -0.2) is 0 Å². The zero-order valence-corrected chi connectivity index (χ0v) is 8.46. The summed E-state index contributed by atoms with van der Waals surface area (Å²) in [7, 11) is 0. The Morgan fingerprint density at radius 3 is 3.00 bits per heavy atom. The Hall–Kier alpha value is -1.43. The zero-order chi connectivity index (χ0) is 11.1. The summed E-state index contributed by atoms with van der Waals surface area (Å²) in [6.45, 7) is 1.75. The zero-order valence-electron chi connectivity index (χ0n) is 8.46. The van der Waals surface area contributed by atoms with Gasteiger partial charge in [-0.2, -0.15) is 5.10 Å². The Morgan fingerprint density at radius 1 is 1.80 bits per heavy atom. The van der Waals surface area contributed by atoms with Crippen molar-refractivity contribution in [3.63, 3.8) is 0 Å². The van der Waals surface area contributed by atoms with Crippen molar-refractivity contribution in [2.24, 2.45) is 0 Å². The SMILES string of the molecule is CC1(O)CCCC1n1cc([N+](=O)[O-])cn1. The van der Waals surface area contributed by atoms with Gasteiger partial charge >= 0.3 is 5.69 Å². The molecule has 2 rings (SSSR count). The van der Waals surface area contributed by atoms with E-state index >= 15 is 0 Å². The largest absolute Gasteiger partial charge is 0.388 e. The molecule has 0 amide bonds. The quantitative estimate of drug-likeness (QED) is 0.590. The Balaban J connectivity index is 2.26. The molecule has 1 fully saturated rings. The molecule has 1 aromatic heterocycles. The third-order valence-electron chi connectivity index (χ3n) is 3.00. The summed E-state index contributed by atoms with van der Waals surface area (Å²) in [6, 6.07) is -0.147. The molecule has 0 radical (unpaired) electrons. The van der Waals surface area contributed by atoms with Crippen LogP contribution < -0.4 is 0 Å². The van der Waals surface area contributed by atoms with E-state index in [9.17, 15) is 15.2 Å². The lowest BCUT2D eigenvalue weighted by molar-refractivity contribution is -0.385. The summed E-state index contributed by atoms with van der Waals surface area (Å²) < 4.78 is 1.51. The van der Waals surface area contributed by atoms with E-state index in [4.69, 9.17) is 0 Å². The van der Waals surface area contributed by atoms with Gasteiger partial charge < -0.3 is 5.11 Å². The van der Waals surface area contributed by atoms with Gasteiger partial charge in [0.15, 0.2) is 0 Å². The minimum atomic E-state index is -0.806. The van der Waals surface area contributed by atoms with E-state index in [-0.39, 0.29) is 11.7 Å². The molecule has 1 saturated carbocycles. The van der Waals surface area contributed by atoms with Crippen molar-refractivity contribution in [2.75, 3.05) is 0 Å². The van der Waals surface area contributed by atoms with Crippen LogP contribution in [0.15, 0.2) is 12.4 Å². The van der Waals surface area contributed by atoms with Gasteiger partial charge in [-0.1, -0.05) is 0 Å². The fourth-order valence-corrected chi connectivity index (χ4v) is 2.14. The second-order valence-corrected chi connectivity index (χ2v) is 4.20. The highest BCUT2D eigenvalue weighted by Crippen LogP contribution is 2.38. The Kier molecular flexibility index (Phi) is 2.22. The summed E-state index contributed by atoms with van der Waals surface area (Å²) in [5, 5.41) is 24.4. The fraction of sp³-hybridized carbons (Fsp3) is 0.667. The van der Waals surface area contributed by atoms with Crippen molar-refractivity contribution in [3.05, 3.63) is 22.5 Å². The molecule has 0 saturated heterocycles. The minimum Gasteiger partial charge on any atom is -0.388 e. The van der Waals surface area contributed by atoms with Crippen LogP contribution in [0.3, 0.4) is 0 Å². The molecule has 0 spiro atoms. The van der Waals surface area contributed by atoms with Gasteiger partial charge in [0.1, 0.15) is 12.4 Å². The maximum atomic E-state index is 10.5. The number of rotatable bonds is 2. The van der Waals surface area contributed by atoms with Crippen molar-refractivity contribution in [3.8, 4) is 0 Å². The number of hydrogen-bond donors (Lipinski definition) is 1. The maximum Gasteiger partial charge on any atom is 0.307 e. The molecule has 2 unspecified atom stereocenters. The molecule has 1 aliphatic rings. The first kappa shape index (κ1) is 10.1. The lowest BCUT2D eigenvalue weighted by Crippen LogP contribution is -2.31. The van der Waals surface area contributed by atoms with Crippen LogP contribution in [-0.4, -0.2) is 25.4 Å². The molecule has 2 atom stereocenters. The van der Waals surface area contributed by atoms with Gasteiger partial charge in [-0.15, -0.1) is 0 Å². The van der Waals surface area contributed by atoms with Gasteiger partial charge in [-0.3, -0.25) is 14.8 Å². The molecule has 0 aromatic carbocycles. The molecule has 0 aliphatic heterocycles. The molecule has 82 valence electrons. The molecule has 1 heterocycles. The lowest BCUT2D eigenvalue weighted by Gasteiger charge is -2.25. The van der Waals surface area contributed by atoms with Crippen molar-refractivity contribution in [1.82, 2.24) is 9.78 Å². The average Bonchev–Trinajstić information content (AvgIpc) is 2.69. The Bertz CT molecular complexity index is 386. The molecule has 15 heavy (non-hydrogen) atoms. The monoisotopic (exact) mass is 211 g/mol. The Labute approximate surface area is 86.7 Å². The van der Waals surface area contributed by atoms with Crippen molar-refractivity contribution < 1.29 is 10.0 Å². The molecule has 1 aromatic rings. The van der Waals surface area contributed by atoms with Crippen LogP contribution >= 0.6 is 0 Å². The van der Waals surface area contributed by atoms with Crippen LogP contribution in [0.1, 0.15) is 32.2 Å². The molecule has 0 bridgehead atoms. The van der Waals surface area contributed by atoms with Crippen molar-refractivity contribution in [1.29, 1.82) is 0 Å². The number of nitro groups is 1. The third-order valence-corrected chi connectivity index (χ3v) is 3.00. The standard InChI is InChI=1S/C9H13N3O3/c1-9(13)4-2-3-8(9)11-6-7(5-10-11)12(14)15/h5-6,8,13H,2-4H2,1H3. The van der Waals surface area contributed by atoms with E-state index in [1.54, 1.807) is 6.92 Å². The van der Waals surface area contributed by atoms with Gasteiger partial charge in [0.05, 0.1) is 16.6 Å². The van der Waals surface area contributed by atoms with E-state index in [1.807, 2.05) is 0 Å². The van der Waals surface area contributed by atoms with Gasteiger partial charge in [-0.05, 0) is 26.2 Å². The van der Waals surface area contributed by atoms with Crippen LogP contribution in [0.4, 0.5) is 5.69 Å². The number of aromatic nitrogens is 2. The van der Waals surface area contributed by atoms with E-state index in [0.29, 0.717) is 6.42 Å². The maximum absolute atomic E-state index is 10.5. The van der Waals surface area contributed by atoms with Crippen LogP contribution in [-0.2, 0) is 0 Å². The van der Waals surface area contributed by atoms with Crippen LogP contribution in [0.25, 0.3) is 0 Å². The second kappa shape index (κ2) is 3.30. The first-order valence-corrected chi connectivity index (χ1v) is 4.91. The van der Waals surface area contributed by atoms with Gasteiger partial charge in [0, 0.05) is 0 Å². The Morgan fingerprint density at radius 2 is 2.53 bits per heavy atom. The van der Waals surface area contributed by atoms with Gasteiger partial charge in [0.25, 0.3) is 0 Å². The summed E-state index contributed by atoms with van der Waals surface area (Å²) in [5.74, 6) is 0. The molecule has 1 N–H and O–H groups in total. The fourth-order valence-electron chi connectivity index (χ4n) is 2.14. The van der Waals surface area contributed by atoms with Gasteiger partial charge in [0.2, 0.25) is 0 Å². The third kappa shape index (κ3) is 1.72. The predicted molar refractivity (Wildman–Crippen MR) is 52.4 cm³/mol. The highest BCUT2D eigenvalue weighted by molar-refractivity contribution is 5.21. The predicted octanol–water partition coefficient (Wildman–Crippen LogP) is 1.27. The molecule has 6 heteroatoms. The normalized spacial score (nSPS) is 30.7. The van der Waals surface area contributed by atoms with E-state index in [0.717, 1.165) is 12.8 Å². The lowest BCUT2D eigenvalue weighted by atomic mass is 10.0. The van der Waals surface area contributed by atoms with Crippen LogP contribution in [0.5, 0.6) is 0 Å². The van der Waals surface area contributed by atoms with E-state index in [1.165, 1.54) is 17.1 Å². The molecular weight excluding hydrogens is 198 g/mol. The highest BCUT2D eigenvalue weighted by atomic mass is 16.6. The molecule has 1 aliphatic carbocycles. The smallest absolute Gasteiger partial charge is 0.307 e. The summed E-state index contributed by atoms with van der Waals surface area (Å²) in [6.07, 6.45) is 5.04. The molecule has 6 nitrogen and oxygen atoms in total. The second-order valence-electron chi connectivity index (χ2n) is 4.20. The van der Waals surface area contributed by atoms with Crippen molar-refractivity contribution in [2.45, 2.75) is 37.8 Å². The van der Waals surface area contributed by atoms with E-state index in [2.05, 4.69) is 5.10 Å². The average molecular weight is 211 g/mol. The van der Waals surface area contributed by atoms with Crippen LogP contribution in [0, 0.1) is 10.1 Å². The summed E-state index contributed by atoms with van der Waals surface area (Å²) in [4.78, 5) is 10.0. The number of aliphatic hydroxyl groups is 1. The first-order valence-electron chi connectivity index (χ1n) is 4.91. The minimum absolute atomic E-state index is 0.0299. The topological polar surface area (TPSA) is 81.2 Å². The molecular formula is C9H13N3O3. The highest BCUT2D eigenvalue weighted by Gasteiger charge is 2.38. The summed E-state index contributed by atoms with van der Waals surface area (Å²) >= 11 is 0. The van der Waals surface area contributed by atoms with Crippen molar-refractivity contribution >= 4 is 5.69 Å². The first-order chi connectivity index (χ1) is 7.00.